The van der Waals surface area contributed by atoms with E-state index in [1.165, 1.54) is 19.8 Å². The van der Waals surface area contributed by atoms with Gasteiger partial charge in [-0.2, -0.15) is 0 Å². The van der Waals surface area contributed by atoms with Crippen molar-refractivity contribution in [2.75, 3.05) is 0 Å². The quantitative estimate of drug-likeness (QED) is 0.360. The fourth-order valence-corrected chi connectivity index (χ4v) is 3.81. The summed E-state index contributed by atoms with van der Waals surface area (Å²) >= 11 is 0. The first-order valence-electron chi connectivity index (χ1n) is 9.43. The van der Waals surface area contributed by atoms with Gasteiger partial charge >= 0.3 is 11.9 Å². The van der Waals surface area contributed by atoms with Crippen LogP contribution < -0.4 is 9.47 Å². The molecule has 3 aromatic rings. The van der Waals surface area contributed by atoms with Gasteiger partial charge in [-0.15, -0.1) is 0 Å². The average Bonchev–Trinajstić information content (AvgIpc) is 2.68. The minimum atomic E-state index is -0.385. The van der Waals surface area contributed by atoms with Crippen LogP contribution >= 0.6 is 0 Å². The molecule has 3 radical (unpaired) electrons. The maximum atomic E-state index is 11.9. The Bertz CT molecular complexity index is 1100. The van der Waals surface area contributed by atoms with Gasteiger partial charge in [0, 0.05) is 42.2 Å². The van der Waals surface area contributed by atoms with E-state index in [1.807, 2.05) is 36.4 Å². The van der Waals surface area contributed by atoms with Crippen LogP contribution in [0, 0.1) is 12.3 Å². The van der Waals surface area contributed by atoms with E-state index in [9.17, 15) is 9.59 Å². The highest BCUT2D eigenvalue weighted by Gasteiger charge is 2.29. The zero-order valence-corrected chi connectivity index (χ0v) is 16.2. The number of fused-ring (bicyclic) bond motifs is 3. The fourth-order valence-electron chi connectivity index (χ4n) is 3.81. The van der Waals surface area contributed by atoms with E-state index < -0.39 is 0 Å². The van der Waals surface area contributed by atoms with Crippen molar-refractivity contribution < 1.29 is 19.1 Å². The van der Waals surface area contributed by atoms with Crippen LogP contribution in [0.25, 0.3) is 21.5 Å². The lowest BCUT2D eigenvalue weighted by molar-refractivity contribution is -0.133. The Kier molecular flexibility index (Phi) is 4.80. The van der Waals surface area contributed by atoms with E-state index in [4.69, 9.17) is 9.47 Å². The number of benzene rings is 3. The summed E-state index contributed by atoms with van der Waals surface area (Å²) < 4.78 is 11.3. The van der Waals surface area contributed by atoms with Crippen LogP contribution in [0.3, 0.4) is 0 Å². The molecule has 0 saturated carbocycles. The van der Waals surface area contributed by atoms with Crippen LogP contribution in [-0.4, -0.2) is 11.9 Å². The molecular weight excluding hydrogens is 352 g/mol. The van der Waals surface area contributed by atoms with E-state index in [1.54, 1.807) is 0 Å². The van der Waals surface area contributed by atoms with Crippen LogP contribution in [0.15, 0.2) is 36.4 Å². The Morgan fingerprint density at radius 1 is 0.964 bits per heavy atom. The van der Waals surface area contributed by atoms with Gasteiger partial charge in [0.2, 0.25) is 0 Å². The smallest absolute Gasteiger partial charge is 0.308 e. The molecule has 4 rings (SSSR count). The van der Waals surface area contributed by atoms with Gasteiger partial charge in [0.15, 0.2) is 0 Å². The highest BCUT2D eigenvalue weighted by atomic mass is 16.5. The molecule has 0 aromatic heterocycles. The molecule has 0 bridgehead atoms. The maximum Gasteiger partial charge on any atom is 0.308 e. The molecule has 28 heavy (non-hydrogen) atoms. The number of ether oxygens (including phenoxy) is 2. The third kappa shape index (κ3) is 3.24. The second kappa shape index (κ2) is 7.27. The summed E-state index contributed by atoms with van der Waals surface area (Å²) in [7, 11) is 0. The topological polar surface area (TPSA) is 52.6 Å². The monoisotopic (exact) mass is 373 g/mol. The highest BCUT2D eigenvalue weighted by molar-refractivity contribution is 6.06. The van der Waals surface area contributed by atoms with Gasteiger partial charge in [-0.25, -0.2) is 0 Å². The van der Waals surface area contributed by atoms with Crippen molar-refractivity contribution in [1.82, 2.24) is 0 Å². The third-order valence-corrected chi connectivity index (χ3v) is 5.11. The lowest BCUT2D eigenvalue weighted by atomic mass is 9.80. The van der Waals surface area contributed by atoms with Crippen molar-refractivity contribution >= 4 is 33.5 Å². The molecule has 0 unspecified atom stereocenters. The molecule has 0 atom stereocenters. The summed E-state index contributed by atoms with van der Waals surface area (Å²) in [5.74, 6) is 1.57. The molecule has 0 N–H and O–H groups in total. The molecule has 4 nitrogen and oxygen atoms in total. The number of hydrogen-bond acceptors (Lipinski definition) is 4. The number of esters is 2. The fraction of sp³-hybridized carbons (Fsp3) is 0.250. The predicted octanol–water partition coefficient (Wildman–Crippen LogP) is 5.20. The van der Waals surface area contributed by atoms with Crippen LogP contribution in [0.1, 0.15) is 44.7 Å². The van der Waals surface area contributed by atoms with Crippen molar-refractivity contribution in [2.45, 2.75) is 40.0 Å². The second-order valence-electron chi connectivity index (χ2n) is 7.08. The SMILES string of the molecule is CC[C]1C[C]c2c(c(OC(C)=O)c3cc4ccccc4cc3c2OC(C)=O)C1. The van der Waals surface area contributed by atoms with Gasteiger partial charge in [-0.1, -0.05) is 31.2 Å². The summed E-state index contributed by atoms with van der Waals surface area (Å²) in [6.07, 6.45) is 5.69. The first-order chi connectivity index (χ1) is 13.5. The standard InChI is InChI=1S/C24H21O4/c1-4-16-9-10-19-20(11-16)24(28-15(3)26)22-13-18-8-6-5-7-17(18)12-21(22)23(19)27-14(2)25/h5-8,12-13H,4,9,11H2,1-3H3. The molecule has 0 fully saturated rings. The summed E-state index contributed by atoms with van der Waals surface area (Å²) in [5, 5.41) is 3.56. The summed E-state index contributed by atoms with van der Waals surface area (Å²) in [6.45, 7) is 4.90. The van der Waals surface area contributed by atoms with Gasteiger partial charge in [-0.05, 0) is 48.1 Å². The Morgan fingerprint density at radius 3 is 2.11 bits per heavy atom. The molecule has 0 heterocycles. The van der Waals surface area contributed by atoms with Crippen molar-refractivity contribution in [3.8, 4) is 11.5 Å². The second-order valence-corrected chi connectivity index (χ2v) is 7.08. The minimum absolute atomic E-state index is 0.375. The third-order valence-electron chi connectivity index (χ3n) is 5.11. The number of carbonyl (C=O) groups excluding carboxylic acids is 2. The lowest BCUT2D eigenvalue weighted by Crippen LogP contribution is -2.16. The van der Waals surface area contributed by atoms with E-state index in [0.29, 0.717) is 24.3 Å². The molecule has 1 aliphatic rings. The van der Waals surface area contributed by atoms with Gasteiger partial charge in [0.25, 0.3) is 0 Å². The lowest BCUT2D eigenvalue weighted by Gasteiger charge is -2.27. The van der Waals surface area contributed by atoms with E-state index >= 15 is 0 Å². The Morgan fingerprint density at radius 2 is 1.54 bits per heavy atom. The molecule has 0 amide bonds. The van der Waals surface area contributed by atoms with Gasteiger partial charge in [0.05, 0.1) is 0 Å². The summed E-state index contributed by atoms with van der Waals surface area (Å²) in [6, 6.07) is 11.9. The number of rotatable bonds is 3. The number of hydrogen-bond donors (Lipinski definition) is 0. The van der Waals surface area contributed by atoms with E-state index in [-0.39, 0.29) is 11.9 Å². The molecule has 141 valence electrons. The molecule has 4 heteroatoms. The first-order valence-corrected chi connectivity index (χ1v) is 9.43. The van der Waals surface area contributed by atoms with E-state index in [2.05, 4.69) is 13.3 Å². The normalized spacial score (nSPS) is 14.1. The Labute approximate surface area is 164 Å². The van der Waals surface area contributed by atoms with Gasteiger partial charge in [0.1, 0.15) is 11.5 Å². The molecule has 1 aliphatic carbocycles. The molecule has 0 spiro atoms. The maximum absolute atomic E-state index is 11.9. The van der Waals surface area contributed by atoms with E-state index in [0.717, 1.165) is 39.1 Å². The van der Waals surface area contributed by atoms with Crippen molar-refractivity contribution in [3.63, 3.8) is 0 Å². The van der Waals surface area contributed by atoms with Crippen molar-refractivity contribution in [1.29, 1.82) is 0 Å². The van der Waals surface area contributed by atoms with Gasteiger partial charge < -0.3 is 9.47 Å². The zero-order valence-electron chi connectivity index (χ0n) is 16.2. The highest BCUT2D eigenvalue weighted by Crippen LogP contribution is 2.47. The van der Waals surface area contributed by atoms with Crippen LogP contribution in [0.5, 0.6) is 11.5 Å². The van der Waals surface area contributed by atoms with Crippen LogP contribution in [0.4, 0.5) is 0 Å². The molecule has 0 aliphatic heterocycles. The predicted molar refractivity (Wildman–Crippen MR) is 108 cm³/mol. The molecule has 3 aromatic carbocycles. The Balaban J connectivity index is 2.11. The zero-order chi connectivity index (χ0) is 19.8. The summed E-state index contributed by atoms with van der Waals surface area (Å²) in [5.41, 5.74) is 1.59. The molecule has 0 saturated heterocycles. The van der Waals surface area contributed by atoms with Gasteiger partial charge in [-0.3, -0.25) is 9.59 Å². The minimum Gasteiger partial charge on any atom is -0.426 e. The molecular formula is C24H21O4. The Hall–Kier alpha value is -2.88. The van der Waals surface area contributed by atoms with Crippen molar-refractivity contribution in [2.24, 2.45) is 0 Å². The van der Waals surface area contributed by atoms with Crippen molar-refractivity contribution in [3.05, 3.63) is 59.9 Å². The van der Waals surface area contributed by atoms with Crippen LogP contribution in [0.2, 0.25) is 0 Å². The summed E-state index contributed by atoms with van der Waals surface area (Å²) in [4.78, 5) is 23.7. The van der Waals surface area contributed by atoms with Crippen LogP contribution in [-0.2, 0) is 16.0 Å². The number of carbonyl (C=O) groups is 2. The largest absolute Gasteiger partial charge is 0.426 e. The average molecular weight is 373 g/mol. The first kappa shape index (κ1) is 18.5.